The molecule has 196 valence electrons. The van der Waals surface area contributed by atoms with Crippen LogP contribution in [0.3, 0.4) is 0 Å². The molecule has 4 rings (SSSR count). The first-order valence-electron chi connectivity index (χ1n) is 11.9. The Bertz CT molecular complexity index is 1230. The van der Waals surface area contributed by atoms with Crippen molar-refractivity contribution in [2.24, 2.45) is 4.99 Å². The molecule has 1 saturated carbocycles. The van der Waals surface area contributed by atoms with Gasteiger partial charge in [-0.25, -0.2) is 14.6 Å². The van der Waals surface area contributed by atoms with Gasteiger partial charge < -0.3 is 14.9 Å². The van der Waals surface area contributed by atoms with E-state index in [1.807, 2.05) is 37.3 Å². The molecular formula is C26H29ClN4O6. The monoisotopic (exact) mass is 528 g/mol. The summed E-state index contributed by atoms with van der Waals surface area (Å²) in [6.07, 6.45) is -0.960. The maximum Gasteiger partial charge on any atom is 0.412 e. The molecule has 1 atom stereocenters. The molecule has 0 aromatic heterocycles. The van der Waals surface area contributed by atoms with E-state index in [0.717, 1.165) is 5.56 Å². The minimum atomic E-state index is -1.37. The minimum Gasteiger partial charge on any atom is -0.465 e. The van der Waals surface area contributed by atoms with Crippen LogP contribution in [0.15, 0.2) is 53.5 Å². The number of carbonyl (C=O) groups is 3. The standard InChI is InChI=1S/C26H29ClN4O6/c1-3-26(36)12-17(13-26)31-20(32)14-25(2,30-22(31)29-23(33)34)18-10-7-11-19(21(18)27)28-24(35)37-15-16-8-5-4-6-9-16/h4-11,17,36H,3,12-15H2,1-2H3,(H,28,35)(H,29,30)(H,33,34)/t17?,25-,26?/m0/s1. The molecular weight excluding hydrogens is 500 g/mol. The highest BCUT2D eigenvalue weighted by atomic mass is 35.5. The fraction of sp³-hybridized carbons (Fsp3) is 0.385. The molecule has 11 heteroatoms. The zero-order valence-corrected chi connectivity index (χ0v) is 21.3. The Labute approximate surface area is 219 Å². The third-order valence-corrected chi connectivity index (χ3v) is 7.25. The first-order valence-corrected chi connectivity index (χ1v) is 12.3. The summed E-state index contributed by atoms with van der Waals surface area (Å²) in [6.45, 7) is 3.61. The van der Waals surface area contributed by atoms with Crippen molar-refractivity contribution in [1.29, 1.82) is 0 Å². The van der Waals surface area contributed by atoms with E-state index < -0.39 is 23.3 Å². The molecule has 1 aliphatic heterocycles. The molecule has 0 radical (unpaired) electrons. The first kappa shape index (κ1) is 26.4. The molecule has 2 aromatic carbocycles. The molecule has 0 saturated heterocycles. The highest BCUT2D eigenvalue weighted by Gasteiger charge is 2.50. The van der Waals surface area contributed by atoms with Gasteiger partial charge in [0.1, 0.15) is 6.61 Å². The van der Waals surface area contributed by atoms with Crippen LogP contribution in [-0.4, -0.2) is 50.8 Å². The van der Waals surface area contributed by atoms with Crippen LogP contribution in [0.5, 0.6) is 0 Å². The van der Waals surface area contributed by atoms with Crippen molar-refractivity contribution in [3.63, 3.8) is 0 Å². The van der Waals surface area contributed by atoms with Crippen LogP contribution < -0.4 is 10.6 Å². The maximum absolute atomic E-state index is 13.3. The number of nitrogens with one attached hydrogen (secondary N) is 2. The van der Waals surface area contributed by atoms with Gasteiger partial charge in [0.05, 0.1) is 28.3 Å². The summed E-state index contributed by atoms with van der Waals surface area (Å²) in [6, 6.07) is 13.8. The van der Waals surface area contributed by atoms with Crippen molar-refractivity contribution in [2.45, 2.75) is 63.3 Å². The first-order chi connectivity index (χ1) is 17.5. The average molecular weight is 529 g/mol. The number of nitrogens with zero attached hydrogens (tertiary/aromatic N) is 2. The van der Waals surface area contributed by atoms with E-state index in [0.29, 0.717) is 24.8 Å². The van der Waals surface area contributed by atoms with Crippen molar-refractivity contribution >= 4 is 41.3 Å². The molecule has 1 fully saturated rings. The van der Waals surface area contributed by atoms with Crippen molar-refractivity contribution < 1.29 is 29.3 Å². The Kier molecular flexibility index (Phi) is 7.42. The number of rotatable bonds is 6. The summed E-state index contributed by atoms with van der Waals surface area (Å²) in [4.78, 5) is 43.1. The second-order valence-electron chi connectivity index (χ2n) is 9.57. The zero-order valence-electron chi connectivity index (χ0n) is 20.5. The Morgan fingerprint density at radius 3 is 2.51 bits per heavy atom. The second-order valence-corrected chi connectivity index (χ2v) is 9.95. The Balaban J connectivity index is 1.57. The predicted molar refractivity (Wildman–Crippen MR) is 137 cm³/mol. The normalized spacial score (nSPS) is 25.1. The van der Waals surface area contributed by atoms with E-state index in [1.54, 1.807) is 25.1 Å². The molecule has 4 N–H and O–H groups in total. The van der Waals surface area contributed by atoms with Gasteiger partial charge in [-0.05, 0) is 37.8 Å². The van der Waals surface area contributed by atoms with Gasteiger partial charge in [-0.1, -0.05) is 61.0 Å². The van der Waals surface area contributed by atoms with Crippen LogP contribution in [0.1, 0.15) is 50.7 Å². The lowest BCUT2D eigenvalue weighted by Crippen LogP contribution is -2.63. The van der Waals surface area contributed by atoms with E-state index in [2.05, 4.69) is 15.6 Å². The lowest BCUT2D eigenvalue weighted by molar-refractivity contribution is -0.140. The highest BCUT2D eigenvalue weighted by Crippen LogP contribution is 2.44. The van der Waals surface area contributed by atoms with E-state index in [4.69, 9.17) is 16.3 Å². The predicted octanol–water partition coefficient (Wildman–Crippen LogP) is 4.46. The third-order valence-electron chi connectivity index (χ3n) is 6.85. The number of aliphatic imine (C=N–C) groups is 1. The molecule has 37 heavy (non-hydrogen) atoms. The van der Waals surface area contributed by atoms with Gasteiger partial charge in [0, 0.05) is 11.6 Å². The summed E-state index contributed by atoms with van der Waals surface area (Å²) in [5.74, 6) is -0.466. The van der Waals surface area contributed by atoms with Crippen LogP contribution in [0.2, 0.25) is 5.02 Å². The smallest absolute Gasteiger partial charge is 0.412 e. The van der Waals surface area contributed by atoms with Gasteiger partial charge in [-0.15, -0.1) is 0 Å². The number of amides is 3. The van der Waals surface area contributed by atoms with Crippen LogP contribution in [0.25, 0.3) is 0 Å². The number of carboxylic acid groups (broad SMARTS) is 1. The van der Waals surface area contributed by atoms with Crippen LogP contribution in [0.4, 0.5) is 15.3 Å². The van der Waals surface area contributed by atoms with E-state index in [9.17, 15) is 24.6 Å². The van der Waals surface area contributed by atoms with Crippen LogP contribution in [0, 0.1) is 0 Å². The summed E-state index contributed by atoms with van der Waals surface area (Å²) >= 11 is 6.65. The highest BCUT2D eigenvalue weighted by molar-refractivity contribution is 6.34. The number of aliphatic hydroxyl groups is 1. The number of ether oxygens (including phenoxy) is 1. The van der Waals surface area contributed by atoms with Crippen molar-refractivity contribution in [1.82, 2.24) is 10.2 Å². The summed E-state index contributed by atoms with van der Waals surface area (Å²) < 4.78 is 5.27. The van der Waals surface area contributed by atoms with Crippen molar-refractivity contribution in [3.8, 4) is 0 Å². The van der Waals surface area contributed by atoms with E-state index >= 15 is 0 Å². The molecule has 0 unspecified atom stereocenters. The van der Waals surface area contributed by atoms with Crippen molar-refractivity contribution in [3.05, 3.63) is 64.7 Å². The summed E-state index contributed by atoms with van der Waals surface area (Å²) in [7, 11) is 0. The number of hydrogen-bond acceptors (Lipinski definition) is 6. The Hall–Kier alpha value is -3.63. The fourth-order valence-corrected chi connectivity index (χ4v) is 5.12. The lowest BCUT2D eigenvalue weighted by Gasteiger charge is -2.50. The molecule has 0 bridgehead atoms. The molecule has 2 aromatic rings. The largest absolute Gasteiger partial charge is 0.465 e. The number of carbonyl (C=O) groups excluding carboxylic acids is 2. The van der Waals surface area contributed by atoms with Gasteiger partial charge in [-0.3, -0.25) is 20.3 Å². The quantitative estimate of drug-likeness (QED) is 0.436. The van der Waals surface area contributed by atoms with Crippen LogP contribution in [-0.2, 0) is 21.7 Å². The zero-order chi connectivity index (χ0) is 26.8. The average Bonchev–Trinajstić information content (AvgIpc) is 2.82. The van der Waals surface area contributed by atoms with E-state index in [-0.39, 0.29) is 41.6 Å². The van der Waals surface area contributed by atoms with Crippen LogP contribution >= 0.6 is 11.6 Å². The number of guanidine groups is 1. The molecule has 1 aliphatic carbocycles. The van der Waals surface area contributed by atoms with Crippen molar-refractivity contribution in [2.75, 3.05) is 5.32 Å². The van der Waals surface area contributed by atoms with Gasteiger partial charge in [0.25, 0.3) is 0 Å². The SMILES string of the molecule is CCC1(O)CC(N2C(=O)C[C@@](C)(c3cccc(NC(=O)OCc4ccccc4)c3Cl)N=C2NC(=O)O)C1. The number of anilines is 1. The van der Waals surface area contributed by atoms with Gasteiger partial charge >= 0.3 is 12.2 Å². The number of hydrogen-bond donors (Lipinski definition) is 4. The van der Waals surface area contributed by atoms with Gasteiger partial charge in [0.15, 0.2) is 0 Å². The minimum absolute atomic E-state index is 0.0782. The topological polar surface area (TPSA) is 141 Å². The number of benzene rings is 2. The molecule has 1 heterocycles. The maximum atomic E-state index is 13.3. The molecule has 0 spiro atoms. The second kappa shape index (κ2) is 10.4. The Morgan fingerprint density at radius 2 is 1.86 bits per heavy atom. The lowest BCUT2D eigenvalue weighted by atomic mass is 9.72. The fourth-order valence-electron chi connectivity index (χ4n) is 4.74. The molecule has 10 nitrogen and oxygen atoms in total. The number of halogens is 1. The summed E-state index contributed by atoms with van der Waals surface area (Å²) in [5, 5.41) is 24.8. The Morgan fingerprint density at radius 1 is 1.16 bits per heavy atom. The van der Waals surface area contributed by atoms with Gasteiger partial charge in [-0.2, -0.15) is 0 Å². The molecule has 3 amide bonds. The molecule has 2 aliphatic rings. The van der Waals surface area contributed by atoms with Gasteiger partial charge in [0.2, 0.25) is 11.9 Å². The van der Waals surface area contributed by atoms with E-state index in [1.165, 1.54) is 4.90 Å². The summed E-state index contributed by atoms with van der Waals surface area (Å²) in [5.41, 5.74) is -0.557. The third kappa shape index (κ3) is 5.70.